The van der Waals surface area contributed by atoms with Crippen LogP contribution in [0.4, 0.5) is 5.95 Å². The minimum atomic E-state index is -0.169. The molecular weight excluding hydrogens is 440 g/mol. The van der Waals surface area contributed by atoms with Gasteiger partial charge in [-0.15, -0.1) is 11.3 Å². The van der Waals surface area contributed by atoms with E-state index < -0.39 is 0 Å². The number of hydrogen-bond donors (Lipinski definition) is 2. The molecule has 1 aliphatic heterocycles. The minimum Gasteiger partial charge on any atom is -0.493 e. The highest BCUT2D eigenvalue weighted by molar-refractivity contribution is 7.17. The van der Waals surface area contributed by atoms with E-state index in [4.69, 9.17) is 14.5 Å². The molecule has 0 bridgehead atoms. The van der Waals surface area contributed by atoms with Gasteiger partial charge in [-0.25, -0.2) is 4.98 Å². The van der Waals surface area contributed by atoms with Crippen molar-refractivity contribution in [2.45, 2.75) is 39.2 Å². The van der Waals surface area contributed by atoms with Crippen molar-refractivity contribution >= 4 is 33.4 Å². The Labute approximate surface area is 196 Å². The lowest BCUT2D eigenvalue weighted by atomic mass is 9.97. The molecule has 3 aromatic rings. The standard InChI is InChI=1S/C24H30N4O4S/c1-5-14(2)25-22(29)16-7-6-10-28(12-16)24-26-20-17(13-33-21(20)23(30)27-24)15-8-9-18(31-3)19(11-15)32-4/h8-9,11,13-14,16H,5-7,10,12H2,1-4H3,(H,25,29)(H,26,27,30)/t14-,16-/m0/s1. The third-order valence-electron chi connectivity index (χ3n) is 6.20. The number of hydrogen-bond acceptors (Lipinski definition) is 7. The van der Waals surface area contributed by atoms with Crippen LogP contribution in [0.1, 0.15) is 33.1 Å². The molecule has 0 aliphatic carbocycles. The van der Waals surface area contributed by atoms with Gasteiger partial charge in [0.15, 0.2) is 11.5 Å². The number of rotatable bonds is 7. The Morgan fingerprint density at radius 1 is 1.33 bits per heavy atom. The van der Waals surface area contributed by atoms with Crippen LogP contribution in [0, 0.1) is 5.92 Å². The van der Waals surface area contributed by atoms with Gasteiger partial charge in [0.1, 0.15) is 4.70 Å². The second-order valence-electron chi connectivity index (χ2n) is 8.39. The van der Waals surface area contributed by atoms with E-state index in [9.17, 15) is 9.59 Å². The lowest BCUT2D eigenvalue weighted by Gasteiger charge is -2.32. The largest absolute Gasteiger partial charge is 0.493 e. The third-order valence-corrected chi connectivity index (χ3v) is 7.17. The fourth-order valence-corrected chi connectivity index (χ4v) is 5.03. The third kappa shape index (κ3) is 4.68. The predicted octanol–water partition coefficient (Wildman–Crippen LogP) is 3.80. The summed E-state index contributed by atoms with van der Waals surface area (Å²) < 4.78 is 11.4. The van der Waals surface area contributed by atoms with Gasteiger partial charge < -0.3 is 19.7 Å². The maximum Gasteiger partial charge on any atom is 0.270 e. The minimum absolute atomic E-state index is 0.0685. The van der Waals surface area contributed by atoms with Crippen LogP contribution in [0.15, 0.2) is 28.4 Å². The van der Waals surface area contributed by atoms with Crippen molar-refractivity contribution in [3.05, 3.63) is 33.9 Å². The van der Waals surface area contributed by atoms with E-state index in [1.165, 1.54) is 11.3 Å². The molecule has 1 amide bonds. The van der Waals surface area contributed by atoms with Crippen molar-refractivity contribution in [1.82, 2.24) is 15.3 Å². The molecule has 0 spiro atoms. The molecule has 33 heavy (non-hydrogen) atoms. The first-order valence-electron chi connectivity index (χ1n) is 11.2. The van der Waals surface area contributed by atoms with Crippen LogP contribution >= 0.6 is 11.3 Å². The number of anilines is 1. The predicted molar refractivity (Wildman–Crippen MR) is 132 cm³/mol. The second-order valence-corrected chi connectivity index (χ2v) is 9.27. The van der Waals surface area contributed by atoms with Crippen LogP contribution in [0.2, 0.25) is 0 Å². The first kappa shape index (κ1) is 23.1. The lowest BCUT2D eigenvalue weighted by Crippen LogP contribution is -2.46. The Morgan fingerprint density at radius 2 is 2.12 bits per heavy atom. The summed E-state index contributed by atoms with van der Waals surface area (Å²) in [6.45, 7) is 5.35. The van der Waals surface area contributed by atoms with Crippen molar-refractivity contribution in [3.8, 4) is 22.6 Å². The maximum atomic E-state index is 12.9. The molecule has 9 heteroatoms. The number of methoxy groups -OCH3 is 2. The summed E-state index contributed by atoms with van der Waals surface area (Å²) in [5.74, 6) is 1.71. The van der Waals surface area contributed by atoms with Crippen LogP contribution in [-0.4, -0.2) is 49.2 Å². The highest BCUT2D eigenvalue weighted by Gasteiger charge is 2.28. The van der Waals surface area contributed by atoms with Gasteiger partial charge in [0.25, 0.3) is 5.56 Å². The molecule has 2 aromatic heterocycles. The number of nitrogens with one attached hydrogen (secondary N) is 2. The van der Waals surface area contributed by atoms with E-state index >= 15 is 0 Å². The molecule has 176 valence electrons. The van der Waals surface area contributed by atoms with Gasteiger partial charge >= 0.3 is 0 Å². The quantitative estimate of drug-likeness (QED) is 0.545. The van der Waals surface area contributed by atoms with Crippen LogP contribution in [0.3, 0.4) is 0 Å². The van der Waals surface area contributed by atoms with E-state index in [1.807, 2.05) is 35.4 Å². The van der Waals surface area contributed by atoms with Gasteiger partial charge in [-0.1, -0.05) is 13.0 Å². The molecule has 3 heterocycles. The monoisotopic (exact) mass is 470 g/mol. The maximum absolute atomic E-state index is 12.9. The molecule has 1 saturated heterocycles. The molecule has 0 unspecified atom stereocenters. The summed E-state index contributed by atoms with van der Waals surface area (Å²) in [7, 11) is 3.19. The summed E-state index contributed by atoms with van der Waals surface area (Å²) in [5, 5.41) is 5.02. The zero-order chi connectivity index (χ0) is 23.5. The number of piperidine rings is 1. The number of fused-ring (bicyclic) bond motifs is 1. The highest BCUT2D eigenvalue weighted by atomic mass is 32.1. The molecule has 8 nitrogen and oxygen atoms in total. The fraction of sp³-hybridized carbons (Fsp3) is 0.458. The number of ether oxygens (including phenoxy) is 2. The fourth-order valence-electron chi connectivity index (χ4n) is 4.12. The molecule has 4 rings (SSSR count). The Balaban J connectivity index is 1.66. The van der Waals surface area contributed by atoms with E-state index in [0.717, 1.165) is 36.9 Å². The summed E-state index contributed by atoms with van der Waals surface area (Å²) in [5.41, 5.74) is 2.24. The molecule has 2 N–H and O–H groups in total. The van der Waals surface area contributed by atoms with E-state index in [1.54, 1.807) is 14.2 Å². The van der Waals surface area contributed by atoms with Crippen LogP contribution in [0.5, 0.6) is 11.5 Å². The van der Waals surface area contributed by atoms with Gasteiger partial charge in [0, 0.05) is 30.1 Å². The Bertz CT molecular complexity index is 1200. The lowest BCUT2D eigenvalue weighted by molar-refractivity contribution is -0.125. The highest BCUT2D eigenvalue weighted by Crippen LogP contribution is 2.37. The normalized spacial score (nSPS) is 17.1. The van der Waals surface area contributed by atoms with Gasteiger partial charge in [-0.3, -0.25) is 14.6 Å². The topological polar surface area (TPSA) is 96.6 Å². The van der Waals surface area contributed by atoms with E-state index in [-0.39, 0.29) is 23.4 Å². The van der Waals surface area contributed by atoms with Gasteiger partial charge in [-0.2, -0.15) is 0 Å². The van der Waals surface area contributed by atoms with Gasteiger partial charge in [0.05, 0.1) is 25.7 Å². The zero-order valence-corrected chi connectivity index (χ0v) is 20.3. The average molecular weight is 471 g/mol. The SMILES string of the molecule is CC[C@H](C)NC(=O)[C@H]1CCCN(c2nc3c(-c4ccc(OC)c(OC)c4)csc3c(=O)[nH]2)C1. The molecular formula is C24H30N4O4S. The first-order chi connectivity index (χ1) is 15.9. The van der Waals surface area contributed by atoms with Crippen molar-refractivity contribution in [2.24, 2.45) is 5.92 Å². The van der Waals surface area contributed by atoms with E-state index in [0.29, 0.717) is 34.2 Å². The summed E-state index contributed by atoms with van der Waals surface area (Å²) >= 11 is 1.37. The number of amides is 1. The number of thiophene rings is 1. The molecule has 0 saturated carbocycles. The smallest absolute Gasteiger partial charge is 0.270 e. The van der Waals surface area contributed by atoms with Crippen molar-refractivity contribution in [3.63, 3.8) is 0 Å². The second kappa shape index (κ2) is 9.82. The van der Waals surface area contributed by atoms with Gasteiger partial charge in [0.2, 0.25) is 11.9 Å². The van der Waals surface area contributed by atoms with Gasteiger partial charge in [-0.05, 0) is 43.9 Å². The van der Waals surface area contributed by atoms with Crippen LogP contribution in [0.25, 0.3) is 21.3 Å². The first-order valence-corrected chi connectivity index (χ1v) is 12.1. The summed E-state index contributed by atoms with van der Waals surface area (Å²) in [6, 6.07) is 5.81. The number of H-pyrrole nitrogens is 1. The zero-order valence-electron chi connectivity index (χ0n) is 19.4. The Hall–Kier alpha value is -3.07. The summed E-state index contributed by atoms with van der Waals surface area (Å²) in [6.07, 6.45) is 2.60. The molecule has 1 fully saturated rings. The number of aromatic amines is 1. The molecule has 1 aromatic carbocycles. The molecule has 2 atom stereocenters. The summed E-state index contributed by atoms with van der Waals surface area (Å²) in [4.78, 5) is 35.3. The van der Waals surface area contributed by atoms with Crippen LogP contribution < -0.4 is 25.2 Å². The van der Waals surface area contributed by atoms with Crippen molar-refractivity contribution in [1.29, 1.82) is 0 Å². The molecule has 1 aliphatic rings. The number of benzene rings is 1. The number of nitrogens with zero attached hydrogens (tertiary/aromatic N) is 2. The Kier molecular flexibility index (Phi) is 6.88. The van der Waals surface area contributed by atoms with Crippen molar-refractivity contribution < 1.29 is 14.3 Å². The van der Waals surface area contributed by atoms with E-state index in [2.05, 4.69) is 17.2 Å². The number of carbonyl (C=O) groups excluding carboxylic acids is 1. The number of aromatic nitrogens is 2. The van der Waals surface area contributed by atoms with Crippen LogP contribution in [-0.2, 0) is 4.79 Å². The number of carbonyl (C=O) groups is 1. The average Bonchev–Trinajstić information content (AvgIpc) is 3.28. The molecule has 0 radical (unpaired) electrons. The Morgan fingerprint density at radius 3 is 2.85 bits per heavy atom. The van der Waals surface area contributed by atoms with Crippen molar-refractivity contribution in [2.75, 3.05) is 32.2 Å².